The van der Waals surface area contributed by atoms with Gasteiger partial charge in [0.2, 0.25) is 11.8 Å². The van der Waals surface area contributed by atoms with Gasteiger partial charge >= 0.3 is 5.97 Å². The van der Waals surface area contributed by atoms with Gasteiger partial charge in [0.25, 0.3) is 0 Å². The van der Waals surface area contributed by atoms with Crippen LogP contribution in [0.2, 0.25) is 0 Å². The highest BCUT2D eigenvalue weighted by Crippen LogP contribution is 2.29. The van der Waals surface area contributed by atoms with Crippen molar-refractivity contribution < 1.29 is 19.5 Å². The maximum Gasteiger partial charge on any atom is 0.306 e. The van der Waals surface area contributed by atoms with Gasteiger partial charge in [-0.05, 0) is 31.6 Å². The Bertz CT molecular complexity index is 360. The number of rotatable bonds is 5. The molecule has 1 atom stereocenters. The number of amides is 2. The number of primary amides is 1. The third-order valence-corrected chi connectivity index (χ3v) is 3.72. The monoisotopic (exact) mass is 270 g/mol. The summed E-state index contributed by atoms with van der Waals surface area (Å²) < 4.78 is 0. The predicted molar refractivity (Wildman–Crippen MR) is 69.0 cm³/mol. The molecule has 4 N–H and O–H groups in total. The minimum Gasteiger partial charge on any atom is -0.481 e. The molecule has 0 saturated heterocycles. The lowest BCUT2D eigenvalue weighted by Crippen LogP contribution is -2.50. The molecular weight excluding hydrogens is 248 g/mol. The quantitative estimate of drug-likeness (QED) is 0.675. The van der Waals surface area contributed by atoms with Gasteiger partial charge in [0.05, 0.1) is 5.92 Å². The first kappa shape index (κ1) is 15.5. The summed E-state index contributed by atoms with van der Waals surface area (Å²) in [7, 11) is 0. The van der Waals surface area contributed by atoms with Gasteiger partial charge in [-0.2, -0.15) is 0 Å². The molecule has 1 rings (SSSR count). The predicted octanol–water partition coefficient (Wildman–Crippen LogP) is 0.504. The molecular formula is C13H22N2O4. The van der Waals surface area contributed by atoms with Gasteiger partial charge in [-0.1, -0.05) is 13.8 Å². The molecule has 1 aliphatic carbocycles. The van der Waals surface area contributed by atoms with Gasteiger partial charge in [-0.25, -0.2) is 0 Å². The van der Waals surface area contributed by atoms with Gasteiger partial charge in [0.15, 0.2) is 0 Å². The van der Waals surface area contributed by atoms with E-state index < -0.39 is 17.9 Å². The van der Waals surface area contributed by atoms with Crippen LogP contribution >= 0.6 is 0 Å². The second-order valence-corrected chi connectivity index (χ2v) is 5.52. The SMILES string of the molecule is CC(C)C(NC(=O)C1CCC(C(=O)O)CC1)C(N)=O. The standard InChI is InChI=1S/C13H22N2O4/c1-7(2)10(11(14)16)15-12(17)8-3-5-9(6-4-8)13(18)19/h7-10H,3-6H2,1-2H3,(H2,14,16)(H,15,17)(H,18,19). The normalized spacial score (nSPS) is 24.8. The van der Waals surface area contributed by atoms with E-state index in [1.807, 2.05) is 13.8 Å². The number of hydrogen-bond donors (Lipinski definition) is 3. The lowest BCUT2D eigenvalue weighted by atomic mass is 9.81. The van der Waals surface area contributed by atoms with Gasteiger partial charge in [-0.15, -0.1) is 0 Å². The molecule has 0 aliphatic heterocycles. The molecule has 6 heteroatoms. The number of nitrogens with one attached hydrogen (secondary N) is 1. The lowest BCUT2D eigenvalue weighted by Gasteiger charge is -2.27. The second-order valence-electron chi connectivity index (χ2n) is 5.52. The van der Waals surface area contributed by atoms with Crippen molar-refractivity contribution in [2.75, 3.05) is 0 Å². The van der Waals surface area contributed by atoms with Crippen molar-refractivity contribution in [3.05, 3.63) is 0 Å². The van der Waals surface area contributed by atoms with E-state index in [0.717, 1.165) is 0 Å². The van der Waals surface area contributed by atoms with Gasteiger partial charge in [-0.3, -0.25) is 14.4 Å². The Balaban J connectivity index is 2.51. The van der Waals surface area contributed by atoms with Crippen LogP contribution in [0.15, 0.2) is 0 Å². The lowest BCUT2D eigenvalue weighted by molar-refractivity contribution is -0.144. The Morgan fingerprint density at radius 3 is 1.95 bits per heavy atom. The summed E-state index contributed by atoms with van der Waals surface area (Å²) in [5.74, 6) is -2.14. The van der Waals surface area contributed by atoms with Gasteiger partial charge in [0, 0.05) is 5.92 Å². The largest absolute Gasteiger partial charge is 0.481 e. The Kier molecular flexibility index (Phi) is 5.32. The van der Waals surface area contributed by atoms with E-state index >= 15 is 0 Å². The number of carboxylic acid groups (broad SMARTS) is 1. The summed E-state index contributed by atoms with van der Waals surface area (Å²) in [6.07, 6.45) is 2.12. The smallest absolute Gasteiger partial charge is 0.306 e. The summed E-state index contributed by atoms with van der Waals surface area (Å²) in [5, 5.41) is 11.6. The zero-order valence-electron chi connectivity index (χ0n) is 11.4. The van der Waals surface area contributed by atoms with Crippen molar-refractivity contribution in [2.45, 2.75) is 45.6 Å². The third kappa shape index (κ3) is 4.22. The van der Waals surface area contributed by atoms with Crippen LogP contribution in [-0.2, 0) is 14.4 Å². The van der Waals surface area contributed by atoms with E-state index in [0.29, 0.717) is 25.7 Å². The zero-order chi connectivity index (χ0) is 14.6. The molecule has 0 radical (unpaired) electrons. The zero-order valence-corrected chi connectivity index (χ0v) is 11.4. The highest BCUT2D eigenvalue weighted by atomic mass is 16.4. The van der Waals surface area contributed by atoms with Crippen molar-refractivity contribution in [2.24, 2.45) is 23.5 Å². The summed E-state index contributed by atoms with van der Waals surface area (Å²) in [6.45, 7) is 3.63. The number of nitrogens with two attached hydrogens (primary N) is 1. The van der Waals surface area contributed by atoms with E-state index in [9.17, 15) is 14.4 Å². The van der Waals surface area contributed by atoms with E-state index in [1.165, 1.54) is 0 Å². The third-order valence-electron chi connectivity index (χ3n) is 3.72. The van der Waals surface area contributed by atoms with Gasteiger partial charge < -0.3 is 16.2 Å². The number of carbonyl (C=O) groups is 3. The van der Waals surface area contributed by atoms with Gasteiger partial charge in [0.1, 0.15) is 6.04 Å². The van der Waals surface area contributed by atoms with Crippen LogP contribution in [-0.4, -0.2) is 28.9 Å². The maximum atomic E-state index is 12.0. The Morgan fingerprint density at radius 2 is 1.58 bits per heavy atom. The number of carboxylic acids is 1. The molecule has 0 bridgehead atoms. The first-order valence-corrected chi connectivity index (χ1v) is 6.65. The second kappa shape index (κ2) is 6.54. The van der Waals surface area contributed by atoms with E-state index in [2.05, 4.69) is 5.32 Å². The number of aliphatic carboxylic acids is 1. The molecule has 0 heterocycles. The van der Waals surface area contributed by atoms with Crippen LogP contribution in [0.5, 0.6) is 0 Å². The summed E-state index contributed by atoms with van der Waals surface area (Å²) in [6, 6.07) is -0.662. The van der Waals surface area contributed by atoms with Crippen molar-refractivity contribution in [3.63, 3.8) is 0 Å². The molecule has 19 heavy (non-hydrogen) atoms. The van der Waals surface area contributed by atoms with E-state index in [-0.39, 0.29) is 23.7 Å². The van der Waals surface area contributed by atoms with Crippen LogP contribution in [0.4, 0.5) is 0 Å². The van der Waals surface area contributed by atoms with Crippen LogP contribution in [0, 0.1) is 17.8 Å². The Morgan fingerprint density at radius 1 is 1.11 bits per heavy atom. The van der Waals surface area contributed by atoms with Crippen LogP contribution in [0.3, 0.4) is 0 Å². The van der Waals surface area contributed by atoms with E-state index in [4.69, 9.17) is 10.8 Å². The average molecular weight is 270 g/mol. The van der Waals surface area contributed by atoms with Crippen LogP contribution in [0.1, 0.15) is 39.5 Å². The van der Waals surface area contributed by atoms with Crippen molar-refractivity contribution >= 4 is 17.8 Å². The first-order chi connectivity index (χ1) is 8.82. The summed E-state index contributed by atoms with van der Waals surface area (Å²) in [4.78, 5) is 34.1. The van der Waals surface area contributed by atoms with E-state index in [1.54, 1.807) is 0 Å². The first-order valence-electron chi connectivity index (χ1n) is 6.65. The topological polar surface area (TPSA) is 109 Å². The molecule has 1 fully saturated rings. The minimum atomic E-state index is -0.795. The average Bonchev–Trinajstić information content (AvgIpc) is 2.34. The highest BCUT2D eigenvalue weighted by Gasteiger charge is 2.31. The van der Waals surface area contributed by atoms with Crippen molar-refractivity contribution in [1.29, 1.82) is 0 Å². The molecule has 0 spiro atoms. The molecule has 0 aromatic heterocycles. The Labute approximate surface area is 112 Å². The fraction of sp³-hybridized carbons (Fsp3) is 0.769. The fourth-order valence-corrected chi connectivity index (χ4v) is 2.44. The molecule has 6 nitrogen and oxygen atoms in total. The molecule has 2 amide bonds. The summed E-state index contributed by atoms with van der Waals surface area (Å²) >= 11 is 0. The molecule has 1 aliphatic rings. The van der Waals surface area contributed by atoms with Crippen LogP contribution in [0.25, 0.3) is 0 Å². The fourth-order valence-electron chi connectivity index (χ4n) is 2.44. The maximum absolute atomic E-state index is 12.0. The molecule has 1 unspecified atom stereocenters. The molecule has 1 saturated carbocycles. The minimum absolute atomic E-state index is 0.0585. The molecule has 0 aromatic carbocycles. The molecule has 108 valence electrons. The van der Waals surface area contributed by atoms with Crippen LogP contribution < -0.4 is 11.1 Å². The van der Waals surface area contributed by atoms with Crippen molar-refractivity contribution in [1.82, 2.24) is 5.32 Å². The highest BCUT2D eigenvalue weighted by molar-refractivity contribution is 5.87. The number of hydrogen-bond acceptors (Lipinski definition) is 3. The Hall–Kier alpha value is -1.59. The van der Waals surface area contributed by atoms with Crippen molar-refractivity contribution in [3.8, 4) is 0 Å². The summed E-state index contributed by atoms with van der Waals surface area (Å²) in [5.41, 5.74) is 5.25. The molecule has 0 aromatic rings. The number of carbonyl (C=O) groups excluding carboxylic acids is 2.